The normalized spacial score (nSPS) is 15.9. The van der Waals surface area contributed by atoms with Gasteiger partial charge < -0.3 is 18.9 Å². The van der Waals surface area contributed by atoms with Gasteiger partial charge >= 0.3 is 0 Å². The molecule has 3 rings (SSSR count). The molecule has 174 valence electrons. The Balaban J connectivity index is 2.21. The van der Waals surface area contributed by atoms with Crippen molar-refractivity contribution >= 4 is 33.2 Å². The number of sulfonamides is 1. The minimum Gasteiger partial charge on any atom is -0.493 e. The van der Waals surface area contributed by atoms with Crippen LogP contribution in [0.25, 0.3) is 0 Å². The number of anilines is 1. The van der Waals surface area contributed by atoms with E-state index in [0.717, 1.165) is 0 Å². The maximum absolute atomic E-state index is 13.3. The number of rotatable bonds is 8. The second kappa shape index (κ2) is 9.46. The lowest BCUT2D eigenvalue weighted by Gasteiger charge is -2.20. The van der Waals surface area contributed by atoms with Gasteiger partial charge in [0.2, 0.25) is 11.6 Å². The maximum atomic E-state index is 13.3. The van der Waals surface area contributed by atoms with Crippen LogP contribution in [0.3, 0.4) is 0 Å². The largest absolute Gasteiger partial charge is 0.493 e. The number of aryl methyl sites for hydroxylation is 1. The molecule has 1 aliphatic heterocycles. The van der Waals surface area contributed by atoms with E-state index >= 15 is 0 Å². The fourth-order valence-corrected chi connectivity index (χ4v) is 4.92. The van der Waals surface area contributed by atoms with Gasteiger partial charge in [0.15, 0.2) is 11.5 Å². The van der Waals surface area contributed by atoms with Gasteiger partial charge in [-0.15, -0.1) is 0 Å². The third kappa shape index (κ3) is 4.73. The number of methoxy groups -OCH3 is 3. The zero-order valence-electron chi connectivity index (χ0n) is 18.9. The molecule has 32 heavy (non-hydrogen) atoms. The molecule has 0 aromatic heterocycles. The smallest absolute Gasteiger partial charge is 0.262 e. The number of hydrogen-bond donors (Lipinski definition) is 1. The van der Waals surface area contributed by atoms with Crippen LogP contribution in [0, 0.1) is 12.8 Å². The first-order valence-corrected chi connectivity index (χ1v) is 11.8. The highest BCUT2D eigenvalue weighted by Gasteiger charge is 2.31. The van der Waals surface area contributed by atoms with Crippen LogP contribution in [0.5, 0.6) is 17.2 Å². The zero-order valence-corrected chi connectivity index (χ0v) is 20.4. The van der Waals surface area contributed by atoms with Crippen molar-refractivity contribution in [1.82, 2.24) is 0 Å². The van der Waals surface area contributed by atoms with E-state index in [9.17, 15) is 8.42 Å². The summed E-state index contributed by atoms with van der Waals surface area (Å²) in [5, 5.41) is 0.313. The zero-order chi connectivity index (χ0) is 23.6. The summed E-state index contributed by atoms with van der Waals surface area (Å²) in [6.45, 7) is 6.24. The van der Waals surface area contributed by atoms with Gasteiger partial charge in [-0.25, -0.2) is 13.4 Å². The van der Waals surface area contributed by atoms with E-state index in [1.807, 2.05) is 13.8 Å². The van der Waals surface area contributed by atoms with Crippen molar-refractivity contribution in [3.05, 3.63) is 40.4 Å². The Bertz CT molecular complexity index is 1130. The van der Waals surface area contributed by atoms with E-state index in [1.54, 1.807) is 19.1 Å². The number of halogens is 1. The van der Waals surface area contributed by atoms with Crippen LogP contribution in [0.1, 0.15) is 25.0 Å². The van der Waals surface area contributed by atoms with Crippen LogP contribution in [-0.4, -0.2) is 48.3 Å². The third-order valence-corrected chi connectivity index (χ3v) is 6.61. The van der Waals surface area contributed by atoms with E-state index in [0.29, 0.717) is 34.4 Å². The molecule has 10 heteroatoms. The Labute approximate surface area is 193 Å². The monoisotopic (exact) mass is 482 g/mol. The lowest BCUT2D eigenvalue weighted by Crippen LogP contribution is -2.18. The van der Waals surface area contributed by atoms with E-state index < -0.39 is 10.0 Å². The Morgan fingerprint density at radius 3 is 2.31 bits per heavy atom. The molecule has 0 fully saturated rings. The number of benzene rings is 2. The van der Waals surface area contributed by atoms with Crippen molar-refractivity contribution in [2.45, 2.75) is 31.7 Å². The molecule has 2 aromatic rings. The molecule has 2 aromatic carbocycles. The van der Waals surface area contributed by atoms with E-state index in [-0.39, 0.29) is 34.0 Å². The Kier molecular flexibility index (Phi) is 7.09. The molecule has 0 unspecified atom stereocenters. The predicted molar refractivity (Wildman–Crippen MR) is 124 cm³/mol. The first-order chi connectivity index (χ1) is 15.1. The van der Waals surface area contributed by atoms with Crippen molar-refractivity contribution in [3.63, 3.8) is 0 Å². The quantitative estimate of drug-likeness (QED) is 0.603. The van der Waals surface area contributed by atoms with Crippen LogP contribution in [0.4, 0.5) is 5.69 Å². The molecular formula is C22H27ClN2O6S. The standard InChI is InChI=1S/C22H27ClN2O6S/c1-12(2)17-11-31-22(24-17)16-10-18(28-4)20(29-5)21(30-6)19(16)25-32(26,27)15-8-13(3)7-14(23)9-15/h7-10,12,17,25H,11H2,1-6H3/t17-/m0/s1. The molecule has 0 spiro atoms. The second-order valence-corrected chi connectivity index (χ2v) is 9.81. The topological polar surface area (TPSA) is 95.5 Å². The fraction of sp³-hybridized carbons (Fsp3) is 0.409. The molecule has 1 aliphatic rings. The molecule has 0 bridgehead atoms. The molecular weight excluding hydrogens is 456 g/mol. The summed E-state index contributed by atoms with van der Waals surface area (Å²) in [6, 6.07) is 6.14. The Morgan fingerprint density at radius 1 is 1.09 bits per heavy atom. The fourth-order valence-electron chi connectivity index (χ4n) is 3.36. The van der Waals surface area contributed by atoms with Crippen LogP contribution >= 0.6 is 11.6 Å². The SMILES string of the molecule is COc1cc(C2=N[C@H](C(C)C)CO2)c(NS(=O)(=O)c2cc(C)cc(Cl)c2)c(OC)c1OC. The van der Waals surface area contributed by atoms with Crippen LogP contribution in [-0.2, 0) is 14.8 Å². The van der Waals surface area contributed by atoms with Gasteiger partial charge in [-0.3, -0.25) is 4.72 Å². The average molecular weight is 483 g/mol. The van der Waals surface area contributed by atoms with Gasteiger partial charge in [0, 0.05) is 5.02 Å². The van der Waals surface area contributed by atoms with Crippen molar-refractivity contribution < 1.29 is 27.4 Å². The number of nitrogens with one attached hydrogen (secondary N) is 1. The molecule has 1 N–H and O–H groups in total. The maximum Gasteiger partial charge on any atom is 0.262 e. The summed E-state index contributed by atoms with van der Waals surface area (Å²) in [5.74, 6) is 1.27. The molecule has 0 amide bonds. The third-order valence-electron chi connectivity index (χ3n) is 5.07. The second-order valence-electron chi connectivity index (χ2n) is 7.69. The van der Waals surface area contributed by atoms with E-state index in [1.165, 1.54) is 33.5 Å². The number of nitrogens with zero attached hydrogens (tertiary/aromatic N) is 1. The minimum atomic E-state index is -4.04. The minimum absolute atomic E-state index is 0.0135. The lowest BCUT2D eigenvalue weighted by molar-refractivity contribution is 0.291. The van der Waals surface area contributed by atoms with Crippen molar-refractivity contribution in [1.29, 1.82) is 0 Å². The number of hydrogen-bond acceptors (Lipinski definition) is 7. The van der Waals surface area contributed by atoms with Gasteiger partial charge in [-0.2, -0.15) is 0 Å². The summed E-state index contributed by atoms with van der Waals surface area (Å²) in [4.78, 5) is 4.66. The van der Waals surface area contributed by atoms with Crippen LogP contribution < -0.4 is 18.9 Å². The molecule has 0 radical (unpaired) electrons. The lowest BCUT2D eigenvalue weighted by atomic mass is 10.1. The molecule has 0 saturated carbocycles. The average Bonchev–Trinajstić information content (AvgIpc) is 3.22. The number of aliphatic imine (C=N–C) groups is 1. The number of ether oxygens (including phenoxy) is 4. The summed E-state index contributed by atoms with van der Waals surface area (Å²) >= 11 is 6.09. The summed E-state index contributed by atoms with van der Waals surface area (Å²) in [6.07, 6.45) is 0. The summed E-state index contributed by atoms with van der Waals surface area (Å²) < 4.78 is 51.5. The summed E-state index contributed by atoms with van der Waals surface area (Å²) in [7, 11) is 0.296. The van der Waals surface area contributed by atoms with Crippen molar-refractivity contribution in [2.24, 2.45) is 10.9 Å². The molecule has 0 aliphatic carbocycles. The highest BCUT2D eigenvalue weighted by Crippen LogP contribution is 2.46. The van der Waals surface area contributed by atoms with Crippen LogP contribution in [0.15, 0.2) is 34.2 Å². The Hall–Kier alpha value is -2.65. The van der Waals surface area contributed by atoms with E-state index in [2.05, 4.69) is 9.71 Å². The first kappa shape index (κ1) is 24.0. The van der Waals surface area contributed by atoms with Crippen LogP contribution in [0.2, 0.25) is 5.02 Å². The van der Waals surface area contributed by atoms with Gasteiger partial charge in [-0.05, 0) is 42.7 Å². The molecule has 1 heterocycles. The van der Waals surface area contributed by atoms with Crippen molar-refractivity contribution in [2.75, 3.05) is 32.7 Å². The Morgan fingerprint density at radius 2 is 1.78 bits per heavy atom. The van der Waals surface area contributed by atoms with Gasteiger partial charge in [0.25, 0.3) is 10.0 Å². The van der Waals surface area contributed by atoms with Gasteiger partial charge in [0.05, 0.1) is 37.8 Å². The van der Waals surface area contributed by atoms with Gasteiger partial charge in [-0.1, -0.05) is 25.4 Å². The highest BCUT2D eigenvalue weighted by molar-refractivity contribution is 7.92. The highest BCUT2D eigenvalue weighted by atomic mass is 35.5. The first-order valence-electron chi connectivity index (χ1n) is 9.95. The van der Waals surface area contributed by atoms with Gasteiger partial charge in [0.1, 0.15) is 12.3 Å². The van der Waals surface area contributed by atoms with E-state index in [4.69, 9.17) is 30.5 Å². The molecule has 8 nitrogen and oxygen atoms in total. The summed E-state index contributed by atoms with van der Waals surface area (Å²) in [5.41, 5.74) is 1.22. The predicted octanol–water partition coefficient (Wildman–Crippen LogP) is 4.28. The van der Waals surface area contributed by atoms with Crippen molar-refractivity contribution in [3.8, 4) is 17.2 Å². The molecule has 1 atom stereocenters. The molecule has 0 saturated heterocycles.